The fourth-order valence-corrected chi connectivity index (χ4v) is 2.46. The van der Waals surface area contributed by atoms with Gasteiger partial charge in [-0.3, -0.25) is 4.90 Å². The highest BCUT2D eigenvalue weighted by Gasteiger charge is 2.32. The first-order valence-electron chi connectivity index (χ1n) is 8.35. The van der Waals surface area contributed by atoms with Crippen LogP contribution in [0.1, 0.15) is 47.0 Å². The van der Waals surface area contributed by atoms with Crippen molar-refractivity contribution in [2.75, 3.05) is 19.6 Å². The molecule has 0 radical (unpaired) electrons. The smallest absolute Gasteiger partial charge is 0.408 e. The van der Waals surface area contributed by atoms with Crippen molar-refractivity contribution in [3.8, 4) is 0 Å². The van der Waals surface area contributed by atoms with Crippen LogP contribution in [0.3, 0.4) is 0 Å². The number of likely N-dealkylation sites (tertiary alicyclic amines) is 1. The van der Waals surface area contributed by atoms with E-state index < -0.39 is 42.5 Å². The van der Waals surface area contributed by atoms with Gasteiger partial charge in [0, 0.05) is 6.54 Å². The molecule has 0 aliphatic carbocycles. The maximum Gasteiger partial charge on any atom is 0.408 e. The topological polar surface area (TPSA) is 67.9 Å². The van der Waals surface area contributed by atoms with Gasteiger partial charge in [-0.1, -0.05) is 0 Å². The number of alkyl carbamates (subject to hydrolysis) is 1. The zero-order valence-electron chi connectivity index (χ0n) is 15.1. The first-order chi connectivity index (χ1) is 11.4. The monoisotopic (exact) mass is 368 g/mol. The number of alkyl halides is 3. The number of ether oxygens (including phenoxy) is 2. The molecule has 1 rings (SSSR count). The van der Waals surface area contributed by atoms with Crippen LogP contribution in [-0.4, -0.2) is 60.5 Å². The summed E-state index contributed by atoms with van der Waals surface area (Å²) in [4.78, 5) is 25.0. The van der Waals surface area contributed by atoms with Gasteiger partial charge in [-0.2, -0.15) is 13.2 Å². The van der Waals surface area contributed by atoms with Gasteiger partial charge in [-0.25, -0.2) is 9.59 Å². The summed E-state index contributed by atoms with van der Waals surface area (Å²) in [5.41, 5.74) is -0.684. The van der Waals surface area contributed by atoms with Crippen molar-refractivity contribution in [3.63, 3.8) is 0 Å². The van der Waals surface area contributed by atoms with E-state index in [1.165, 1.54) is 11.8 Å². The fraction of sp³-hybridized carbons (Fsp3) is 0.875. The van der Waals surface area contributed by atoms with Crippen molar-refractivity contribution in [2.45, 2.75) is 70.9 Å². The second kappa shape index (κ2) is 8.73. The number of nitrogens with zero attached hydrogens (tertiary/aromatic N) is 1. The molecule has 1 amide bonds. The molecule has 1 aliphatic heterocycles. The van der Waals surface area contributed by atoms with Gasteiger partial charge >= 0.3 is 18.2 Å². The van der Waals surface area contributed by atoms with Crippen molar-refractivity contribution in [1.29, 1.82) is 0 Å². The second-order valence-corrected chi connectivity index (χ2v) is 7.25. The summed E-state index contributed by atoms with van der Waals surface area (Å²) in [7, 11) is 0. The number of rotatable bonds is 4. The molecule has 1 unspecified atom stereocenters. The Labute approximate surface area is 146 Å². The molecule has 0 aromatic carbocycles. The number of esters is 1. The van der Waals surface area contributed by atoms with Crippen LogP contribution in [0.4, 0.5) is 18.0 Å². The lowest BCUT2D eigenvalue weighted by molar-refractivity contribution is -0.153. The van der Waals surface area contributed by atoms with Gasteiger partial charge in [0.25, 0.3) is 0 Å². The fourth-order valence-electron chi connectivity index (χ4n) is 2.46. The Hall–Kier alpha value is -1.51. The summed E-state index contributed by atoms with van der Waals surface area (Å²) in [5, 5.41) is 2.39. The molecule has 0 saturated carbocycles. The van der Waals surface area contributed by atoms with E-state index >= 15 is 0 Å². The van der Waals surface area contributed by atoms with Crippen molar-refractivity contribution in [1.82, 2.24) is 10.2 Å². The number of carbonyl (C=O) groups excluding carboxylic acids is 2. The van der Waals surface area contributed by atoms with E-state index in [0.717, 1.165) is 0 Å². The molecule has 146 valence electrons. The average Bonchev–Trinajstić information content (AvgIpc) is 2.60. The Kier molecular flexibility index (Phi) is 7.52. The molecular formula is C16H27F3N2O4. The van der Waals surface area contributed by atoms with E-state index in [1.54, 1.807) is 20.8 Å². The zero-order valence-corrected chi connectivity index (χ0v) is 15.1. The Balaban J connectivity index is 2.42. The summed E-state index contributed by atoms with van der Waals surface area (Å²) in [5.74, 6) is -0.625. The first-order valence-corrected chi connectivity index (χ1v) is 8.35. The summed E-state index contributed by atoms with van der Waals surface area (Å²) in [6.07, 6.45) is -4.06. The minimum Gasteiger partial charge on any atom is -0.461 e. The molecule has 1 saturated heterocycles. The lowest BCUT2D eigenvalue weighted by atomic mass is 10.1. The predicted octanol–water partition coefficient (Wildman–Crippen LogP) is 2.86. The summed E-state index contributed by atoms with van der Waals surface area (Å²) < 4.78 is 47.7. The van der Waals surface area contributed by atoms with Crippen molar-refractivity contribution in [3.05, 3.63) is 0 Å². The average molecular weight is 368 g/mol. The van der Waals surface area contributed by atoms with Crippen LogP contribution in [0.2, 0.25) is 0 Å². The van der Waals surface area contributed by atoms with E-state index in [9.17, 15) is 22.8 Å². The highest BCUT2D eigenvalue weighted by Crippen LogP contribution is 2.21. The number of hydrogen-bond acceptors (Lipinski definition) is 5. The predicted molar refractivity (Wildman–Crippen MR) is 85.1 cm³/mol. The van der Waals surface area contributed by atoms with Crippen LogP contribution in [0.25, 0.3) is 0 Å². The van der Waals surface area contributed by atoms with Crippen LogP contribution in [0, 0.1) is 0 Å². The van der Waals surface area contributed by atoms with Crippen LogP contribution >= 0.6 is 0 Å². The first kappa shape index (κ1) is 21.5. The molecule has 0 aromatic rings. The molecule has 1 N–H and O–H groups in total. The third-order valence-corrected chi connectivity index (χ3v) is 3.54. The van der Waals surface area contributed by atoms with Crippen LogP contribution in [0.5, 0.6) is 0 Å². The third kappa shape index (κ3) is 9.52. The molecule has 1 heterocycles. The summed E-state index contributed by atoms with van der Waals surface area (Å²) in [6, 6.07) is -0.899. The minimum absolute atomic E-state index is 0.214. The Morgan fingerprint density at radius 3 is 2.40 bits per heavy atom. The SMILES string of the molecule is C[C@H](NC(=O)OC(C)(C)C)C(=O)OC1CCCN(CC(F)(F)F)CC1. The normalized spacial score (nSPS) is 21.2. The van der Waals surface area contributed by atoms with E-state index in [0.29, 0.717) is 25.8 Å². The maximum absolute atomic E-state index is 12.4. The number of hydrogen-bond donors (Lipinski definition) is 1. The quantitative estimate of drug-likeness (QED) is 0.773. The second-order valence-electron chi connectivity index (χ2n) is 7.25. The third-order valence-electron chi connectivity index (χ3n) is 3.54. The molecule has 2 atom stereocenters. The molecule has 25 heavy (non-hydrogen) atoms. The van der Waals surface area contributed by atoms with Gasteiger partial charge in [-0.15, -0.1) is 0 Å². The van der Waals surface area contributed by atoms with Gasteiger partial charge in [0.2, 0.25) is 0 Å². The van der Waals surface area contributed by atoms with Crippen LogP contribution in [-0.2, 0) is 14.3 Å². The summed E-state index contributed by atoms with van der Waals surface area (Å²) >= 11 is 0. The highest BCUT2D eigenvalue weighted by atomic mass is 19.4. The Bertz CT molecular complexity index is 463. The molecule has 1 aliphatic rings. The Morgan fingerprint density at radius 2 is 1.84 bits per heavy atom. The van der Waals surface area contributed by atoms with Gasteiger partial charge in [0.05, 0.1) is 6.54 Å². The molecule has 0 bridgehead atoms. The van der Waals surface area contributed by atoms with Crippen LogP contribution < -0.4 is 5.32 Å². The lowest BCUT2D eigenvalue weighted by Gasteiger charge is -2.23. The number of halogens is 3. The molecule has 0 aromatic heterocycles. The van der Waals surface area contributed by atoms with Gasteiger partial charge in [0.15, 0.2) is 0 Å². The Morgan fingerprint density at radius 1 is 1.20 bits per heavy atom. The zero-order chi connectivity index (χ0) is 19.3. The lowest BCUT2D eigenvalue weighted by Crippen LogP contribution is -2.43. The van der Waals surface area contributed by atoms with Gasteiger partial charge in [-0.05, 0) is 53.5 Å². The van der Waals surface area contributed by atoms with Gasteiger partial charge < -0.3 is 14.8 Å². The standard InChI is InChI=1S/C16H27F3N2O4/c1-11(20-14(23)25-15(2,3)4)13(22)24-12-6-5-8-21(9-7-12)10-16(17,18)19/h11-12H,5-10H2,1-4H3,(H,20,23)/t11-,12?/m0/s1. The largest absolute Gasteiger partial charge is 0.461 e. The number of carbonyl (C=O) groups is 2. The van der Waals surface area contributed by atoms with Crippen molar-refractivity contribution < 1.29 is 32.2 Å². The number of nitrogens with one attached hydrogen (secondary N) is 1. The minimum atomic E-state index is -4.23. The van der Waals surface area contributed by atoms with Crippen molar-refractivity contribution in [2.24, 2.45) is 0 Å². The highest BCUT2D eigenvalue weighted by molar-refractivity contribution is 5.81. The van der Waals surface area contributed by atoms with E-state index in [2.05, 4.69) is 5.32 Å². The summed E-state index contributed by atoms with van der Waals surface area (Å²) in [6.45, 7) is 6.16. The number of amides is 1. The molecular weight excluding hydrogens is 341 g/mol. The van der Waals surface area contributed by atoms with Crippen molar-refractivity contribution >= 4 is 12.1 Å². The van der Waals surface area contributed by atoms with Gasteiger partial charge in [0.1, 0.15) is 17.7 Å². The molecule has 0 spiro atoms. The molecule has 6 nitrogen and oxygen atoms in total. The van der Waals surface area contributed by atoms with E-state index in [-0.39, 0.29) is 6.54 Å². The van der Waals surface area contributed by atoms with E-state index in [1.807, 2.05) is 0 Å². The molecule has 1 fully saturated rings. The maximum atomic E-state index is 12.4. The van der Waals surface area contributed by atoms with E-state index in [4.69, 9.17) is 9.47 Å². The van der Waals surface area contributed by atoms with Crippen LogP contribution in [0.15, 0.2) is 0 Å². The molecule has 9 heteroatoms.